The van der Waals surface area contributed by atoms with Gasteiger partial charge in [0.1, 0.15) is 0 Å². The van der Waals surface area contributed by atoms with Crippen LogP contribution in [0.25, 0.3) is 0 Å². The van der Waals surface area contributed by atoms with Crippen LogP contribution in [0.3, 0.4) is 0 Å². The molecular weight excluding hydrogens is 227 g/mol. The molecule has 0 amide bonds. The van der Waals surface area contributed by atoms with Crippen molar-refractivity contribution in [2.75, 3.05) is 0 Å². The van der Waals surface area contributed by atoms with Crippen molar-refractivity contribution >= 4 is 11.0 Å². The SMILES string of the molecule is CC(C)c1ccccc1.O=[S-](=O)O.[K+]. The number of hydrogen-bond donors (Lipinski definition) is 1. The molecule has 0 atom stereocenters. The summed E-state index contributed by atoms with van der Waals surface area (Å²) in [6.07, 6.45) is 0. The standard InChI is InChI=1S/C9H12.K.HO3S/c1-8(2)9-6-4-3-5-7-9;;1-4(2)3/h3-8H,1-2H3;;(H,1,2,3)/q;+1;-1. The van der Waals surface area contributed by atoms with E-state index in [0.29, 0.717) is 5.92 Å². The second kappa shape index (κ2) is 10.3. The van der Waals surface area contributed by atoms with E-state index in [2.05, 4.69) is 38.1 Å². The molecule has 5 heteroatoms. The molecule has 1 N–H and O–H groups in total. The van der Waals surface area contributed by atoms with Crippen LogP contribution in [-0.2, 0) is 19.4 Å². The Morgan fingerprint density at radius 2 is 1.50 bits per heavy atom. The molecule has 0 fully saturated rings. The van der Waals surface area contributed by atoms with Gasteiger partial charge in [0, 0.05) is 11.0 Å². The van der Waals surface area contributed by atoms with Crippen LogP contribution in [-0.4, -0.2) is 4.55 Å². The molecule has 0 unspecified atom stereocenters. The third-order valence-electron chi connectivity index (χ3n) is 1.47. The van der Waals surface area contributed by atoms with E-state index in [1.54, 1.807) is 0 Å². The molecule has 0 aliphatic heterocycles. The third kappa shape index (κ3) is 10.8. The maximum absolute atomic E-state index is 8.56. The maximum Gasteiger partial charge on any atom is 1.00 e. The summed E-state index contributed by atoms with van der Waals surface area (Å²) < 4.78 is 24.1. The normalized spacial score (nSPS) is 8.93. The Labute approximate surface area is 129 Å². The molecule has 0 aliphatic carbocycles. The molecular formula is C9H13KO3S. The molecule has 0 aliphatic rings. The van der Waals surface area contributed by atoms with Gasteiger partial charge in [0.15, 0.2) is 0 Å². The van der Waals surface area contributed by atoms with Gasteiger partial charge in [0.25, 0.3) is 0 Å². The van der Waals surface area contributed by atoms with E-state index < -0.39 is 11.0 Å². The van der Waals surface area contributed by atoms with Crippen LogP contribution in [0.1, 0.15) is 25.3 Å². The van der Waals surface area contributed by atoms with E-state index in [1.807, 2.05) is 6.07 Å². The summed E-state index contributed by atoms with van der Waals surface area (Å²) in [6.45, 7) is 4.41. The molecule has 14 heavy (non-hydrogen) atoms. The van der Waals surface area contributed by atoms with E-state index in [4.69, 9.17) is 13.0 Å². The number of rotatable bonds is 1. The summed E-state index contributed by atoms with van der Waals surface area (Å²) in [5.74, 6) is 0.659. The summed E-state index contributed by atoms with van der Waals surface area (Å²) >= 11 is 0. The fourth-order valence-corrected chi connectivity index (χ4v) is 0.838. The Morgan fingerprint density at radius 3 is 1.71 bits per heavy atom. The summed E-state index contributed by atoms with van der Waals surface area (Å²) in [5, 5.41) is 0. The second-order valence-corrected chi connectivity index (χ2v) is 3.22. The summed E-state index contributed by atoms with van der Waals surface area (Å²) in [4.78, 5) is 0. The predicted octanol–water partition coefficient (Wildman–Crippen LogP) is -0.417. The molecule has 1 rings (SSSR count). The average Bonchev–Trinajstić information content (AvgIpc) is 2.05. The first kappa shape index (κ1) is 17.2. The molecule has 0 spiro atoms. The van der Waals surface area contributed by atoms with Crippen molar-refractivity contribution in [3.63, 3.8) is 0 Å². The summed E-state index contributed by atoms with van der Waals surface area (Å²) in [7, 11) is -2.86. The summed E-state index contributed by atoms with van der Waals surface area (Å²) in [6, 6.07) is 10.5. The van der Waals surface area contributed by atoms with Gasteiger partial charge in [0.05, 0.1) is 0 Å². The van der Waals surface area contributed by atoms with E-state index in [0.717, 1.165) is 0 Å². The van der Waals surface area contributed by atoms with Crippen LogP contribution < -0.4 is 51.4 Å². The minimum atomic E-state index is -2.86. The molecule has 0 saturated heterocycles. The second-order valence-electron chi connectivity index (χ2n) is 2.78. The molecule has 0 aromatic heterocycles. The number of hydrogen-bond acceptors (Lipinski definition) is 3. The van der Waals surface area contributed by atoms with Gasteiger partial charge in [-0.05, 0) is 11.5 Å². The van der Waals surface area contributed by atoms with E-state index in [9.17, 15) is 0 Å². The van der Waals surface area contributed by atoms with Gasteiger partial charge in [-0.15, -0.1) is 0 Å². The molecule has 74 valence electrons. The van der Waals surface area contributed by atoms with Gasteiger partial charge in [-0.1, -0.05) is 44.2 Å². The molecule has 0 radical (unpaired) electrons. The van der Waals surface area contributed by atoms with Crippen molar-refractivity contribution in [2.24, 2.45) is 0 Å². The van der Waals surface area contributed by atoms with Crippen LogP contribution >= 0.6 is 0 Å². The van der Waals surface area contributed by atoms with E-state index in [1.165, 1.54) is 5.56 Å². The topological polar surface area (TPSA) is 54.4 Å². The molecule has 1 aromatic carbocycles. The molecule has 0 heterocycles. The fraction of sp³-hybridized carbons (Fsp3) is 0.333. The van der Waals surface area contributed by atoms with Crippen molar-refractivity contribution < 1.29 is 64.4 Å². The fourth-order valence-electron chi connectivity index (χ4n) is 0.838. The van der Waals surface area contributed by atoms with Crippen LogP contribution in [0.15, 0.2) is 30.3 Å². The first-order valence-electron chi connectivity index (χ1n) is 3.87. The minimum Gasteiger partial charge on any atom is -0.439 e. The Morgan fingerprint density at radius 1 is 1.14 bits per heavy atom. The van der Waals surface area contributed by atoms with Gasteiger partial charge >= 0.3 is 51.4 Å². The number of benzene rings is 1. The Kier molecular flexibility index (Phi) is 12.6. The van der Waals surface area contributed by atoms with Gasteiger partial charge in [0.2, 0.25) is 0 Å². The monoisotopic (exact) mass is 240 g/mol. The van der Waals surface area contributed by atoms with Crippen molar-refractivity contribution in [1.82, 2.24) is 0 Å². The maximum atomic E-state index is 8.56. The quantitative estimate of drug-likeness (QED) is 0.314. The van der Waals surface area contributed by atoms with Crippen LogP contribution in [0.2, 0.25) is 0 Å². The van der Waals surface area contributed by atoms with Gasteiger partial charge in [-0.3, -0.25) is 0 Å². The zero-order valence-corrected chi connectivity index (χ0v) is 12.6. The molecule has 0 saturated carbocycles. The van der Waals surface area contributed by atoms with Crippen molar-refractivity contribution in [1.29, 1.82) is 0 Å². The van der Waals surface area contributed by atoms with Crippen molar-refractivity contribution in [2.45, 2.75) is 19.8 Å². The van der Waals surface area contributed by atoms with Crippen LogP contribution in [0.4, 0.5) is 0 Å². The van der Waals surface area contributed by atoms with E-state index >= 15 is 0 Å². The van der Waals surface area contributed by atoms with Gasteiger partial charge in [-0.2, -0.15) is 0 Å². The first-order valence-corrected chi connectivity index (χ1v) is 4.90. The van der Waals surface area contributed by atoms with Crippen LogP contribution in [0.5, 0.6) is 0 Å². The zero-order valence-electron chi connectivity index (χ0n) is 8.64. The summed E-state index contributed by atoms with van der Waals surface area (Å²) in [5.41, 5.74) is 1.41. The third-order valence-corrected chi connectivity index (χ3v) is 1.47. The van der Waals surface area contributed by atoms with Gasteiger partial charge in [-0.25, -0.2) is 0 Å². The molecule has 0 bridgehead atoms. The Bertz CT molecular complexity index is 288. The van der Waals surface area contributed by atoms with Crippen molar-refractivity contribution in [3.8, 4) is 0 Å². The first-order chi connectivity index (χ1) is 6.04. The van der Waals surface area contributed by atoms with Crippen LogP contribution in [0, 0.1) is 0 Å². The van der Waals surface area contributed by atoms with Gasteiger partial charge < -0.3 is 13.0 Å². The zero-order chi connectivity index (χ0) is 10.3. The molecule has 1 aromatic rings. The predicted molar refractivity (Wildman–Crippen MR) is 51.9 cm³/mol. The van der Waals surface area contributed by atoms with Crippen molar-refractivity contribution in [3.05, 3.63) is 35.9 Å². The largest absolute Gasteiger partial charge is 1.00 e. The van der Waals surface area contributed by atoms with E-state index in [-0.39, 0.29) is 51.4 Å². The smallest absolute Gasteiger partial charge is 0.439 e. The molecule has 3 nitrogen and oxygen atoms in total. The Balaban J connectivity index is 0. The Hall–Kier alpha value is 0.766. The average molecular weight is 240 g/mol. The minimum absolute atomic E-state index is 0.